The van der Waals surface area contributed by atoms with E-state index in [9.17, 15) is 9.59 Å². The Morgan fingerprint density at radius 2 is 2.50 bits per heavy atom. The van der Waals surface area contributed by atoms with Crippen molar-refractivity contribution in [3.8, 4) is 0 Å². The summed E-state index contributed by atoms with van der Waals surface area (Å²) in [5, 5.41) is 0.0391. The molecule has 1 unspecified atom stereocenters. The van der Waals surface area contributed by atoms with Crippen LogP contribution in [-0.2, 0) is 9.53 Å². The van der Waals surface area contributed by atoms with Crippen molar-refractivity contribution in [1.82, 2.24) is 4.90 Å². The number of carbonyl (C=O) groups is 2. The molecule has 4 nitrogen and oxygen atoms in total. The van der Waals surface area contributed by atoms with Gasteiger partial charge in [-0.3, -0.25) is 9.59 Å². The van der Waals surface area contributed by atoms with E-state index >= 15 is 0 Å². The van der Waals surface area contributed by atoms with Crippen LogP contribution in [0.2, 0.25) is 0 Å². The van der Waals surface area contributed by atoms with E-state index in [1.165, 1.54) is 11.8 Å². The van der Waals surface area contributed by atoms with E-state index in [2.05, 4.69) is 0 Å². The van der Waals surface area contributed by atoms with Crippen LogP contribution in [0.5, 0.6) is 0 Å². The molecule has 1 atom stereocenters. The molecule has 2 rings (SSSR count). The summed E-state index contributed by atoms with van der Waals surface area (Å²) in [5.74, 6) is 0.986. The summed E-state index contributed by atoms with van der Waals surface area (Å²) < 4.78 is 5.14. The Balaban J connectivity index is 1.84. The van der Waals surface area contributed by atoms with Crippen molar-refractivity contribution in [1.29, 1.82) is 0 Å². The number of thioether (sulfide) groups is 1. The van der Waals surface area contributed by atoms with Gasteiger partial charge < -0.3 is 9.64 Å². The average Bonchev–Trinajstić information content (AvgIpc) is 2.77. The smallest absolute Gasteiger partial charge is 0.282 e. The van der Waals surface area contributed by atoms with Gasteiger partial charge in [0.25, 0.3) is 5.24 Å². The second-order valence-electron chi connectivity index (χ2n) is 3.56. The number of hydrogen-bond acceptors (Lipinski definition) is 4. The van der Waals surface area contributed by atoms with Crippen molar-refractivity contribution in [3.05, 3.63) is 0 Å². The van der Waals surface area contributed by atoms with Crippen LogP contribution >= 0.6 is 11.8 Å². The minimum Gasteiger partial charge on any atom is -0.381 e. The van der Waals surface area contributed by atoms with Gasteiger partial charge in [0.15, 0.2) is 5.78 Å². The van der Waals surface area contributed by atoms with E-state index in [-0.39, 0.29) is 23.5 Å². The van der Waals surface area contributed by atoms with Crippen molar-refractivity contribution in [2.75, 3.05) is 32.1 Å². The van der Waals surface area contributed by atoms with E-state index in [1.807, 2.05) is 0 Å². The minimum atomic E-state index is 0.0217. The van der Waals surface area contributed by atoms with Crippen molar-refractivity contribution in [2.45, 2.75) is 6.42 Å². The molecular weight excluding hydrogens is 202 g/mol. The highest BCUT2D eigenvalue weighted by Gasteiger charge is 2.28. The number of hydrogen-bond donors (Lipinski definition) is 0. The Hall–Kier alpha value is -0.550. The van der Waals surface area contributed by atoms with Gasteiger partial charge in [0.1, 0.15) is 0 Å². The number of Topliss-reactive ketones (excluding diaryl/α,β-unsaturated/α-hetero) is 1. The fraction of sp³-hybridized carbons (Fsp3) is 0.778. The summed E-state index contributed by atoms with van der Waals surface area (Å²) in [4.78, 5) is 24.5. The Morgan fingerprint density at radius 1 is 1.64 bits per heavy atom. The van der Waals surface area contributed by atoms with E-state index < -0.39 is 0 Å². The molecule has 0 aliphatic carbocycles. The molecule has 2 aliphatic rings. The molecule has 2 fully saturated rings. The maximum Gasteiger partial charge on any atom is 0.282 e. The normalized spacial score (nSPS) is 27.3. The van der Waals surface area contributed by atoms with Crippen LogP contribution in [-0.4, -0.2) is 48.0 Å². The molecule has 0 bridgehead atoms. The predicted octanol–water partition coefficient (Wildman–Crippen LogP) is 0.761. The maximum absolute atomic E-state index is 11.7. The predicted molar refractivity (Wildman–Crippen MR) is 53.4 cm³/mol. The molecule has 0 N–H and O–H groups in total. The van der Waals surface area contributed by atoms with E-state index in [4.69, 9.17) is 4.74 Å². The van der Waals surface area contributed by atoms with Gasteiger partial charge in [-0.2, -0.15) is 0 Å². The van der Waals surface area contributed by atoms with Crippen molar-refractivity contribution >= 4 is 22.8 Å². The number of rotatable bonds is 3. The molecule has 0 aromatic carbocycles. The highest BCUT2D eigenvalue weighted by atomic mass is 32.2. The second kappa shape index (κ2) is 4.31. The van der Waals surface area contributed by atoms with Gasteiger partial charge in [-0.05, 0) is 6.42 Å². The van der Waals surface area contributed by atoms with Crippen molar-refractivity contribution < 1.29 is 14.3 Å². The Bertz CT molecular complexity index is 250. The van der Waals surface area contributed by atoms with Gasteiger partial charge in [0, 0.05) is 24.8 Å². The molecule has 0 spiro atoms. The van der Waals surface area contributed by atoms with Gasteiger partial charge >= 0.3 is 0 Å². The molecule has 78 valence electrons. The van der Waals surface area contributed by atoms with Gasteiger partial charge in [-0.15, -0.1) is 0 Å². The molecule has 0 aromatic rings. The lowest BCUT2D eigenvalue weighted by atomic mass is 10.0. The van der Waals surface area contributed by atoms with Gasteiger partial charge in [0.2, 0.25) is 0 Å². The molecule has 2 aliphatic heterocycles. The van der Waals surface area contributed by atoms with Gasteiger partial charge in [-0.1, -0.05) is 11.8 Å². The van der Waals surface area contributed by atoms with Crippen LogP contribution in [0.1, 0.15) is 6.42 Å². The zero-order valence-electron chi connectivity index (χ0n) is 7.90. The highest BCUT2D eigenvalue weighted by molar-refractivity contribution is 8.13. The Morgan fingerprint density at radius 3 is 3.07 bits per heavy atom. The standard InChI is InChI=1S/C9H13NO3S/c11-8(7-1-3-13-6-7)5-10-2-4-14-9(10)12/h7H,1-6H2. The van der Waals surface area contributed by atoms with E-state index in [0.29, 0.717) is 19.8 Å². The lowest BCUT2D eigenvalue weighted by molar-refractivity contribution is -0.123. The zero-order chi connectivity index (χ0) is 9.97. The number of ketones is 1. The third-order valence-corrected chi connectivity index (χ3v) is 3.47. The third-order valence-electron chi connectivity index (χ3n) is 2.58. The fourth-order valence-electron chi connectivity index (χ4n) is 1.67. The topological polar surface area (TPSA) is 46.6 Å². The summed E-state index contributed by atoms with van der Waals surface area (Å²) in [6.07, 6.45) is 0.813. The summed E-state index contributed by atoms with van der Waals surface area (Å²) in [7, 11) is 0. The molecular formula is C9H13NO3S. The average molecular weight is 215 g/mol. The first-order valence-corrected chi connectivity index (χ1v) is 5.78. The maximum atomic E-state index is 11.7. The minimum absolute atomic E-state index is 0.0217. The third kappa shape index (κ3) is 2.09. The monoisotopic (exact) mass is 215 g/mol. The van der Waals surface area contributed by atoms with Crippen LogP contribution in [0.25, 0.3) is 0 Å². The summed E-state index contributed by atoms with van der Waals surface area (Å²) in [5.41, 5.74) is 0. The zero-order valence-corrected chi connectivity index (χ0v) is 8.72. The first kappa shape index (κ1) is 9.98. The molecule has 2 heterocycles. The van der Waals surface area contributed by atoms with Crippen molar-refractivity contribution in [3.63, 3.8) is 0 Å². The first-order chi connectivity index (χ1) is 6.77. The molecule has 5 heteroatoms. The summed E-state index contributed by atoms with van der Waals surface area (Å²) >= 11 is 1.29. The SMILES string of the molecule is O=C(CN1CCSC1=O)C1CCOC1. The van der Waals surface area contributed by atoms with Gasteiger partial charge in [-0.25, -0.2) is 0 Å². The lowest BCUT2D eigenvalue weighted by Gasteiger charge is -2.15. The Labute approximate surface area is 87.0 Å². The largest absolute Gasteiger partial charge is 0.381 e. The Kier molecular flexibility index (Phi) is 3.08. The van der Waals surface area contributed by atoms with Crippen LogP contribution in [0.15, 0.2) is 0 Å². The molecule has 14 heavy (non-hydrogen) atoms. The number of ether oxygens (including phenoxy) is 1. The molecule has 0 saturated carbocycles. The number of amides is 1. The first-order valence-electron chi connectivity index (χ1n) is 4.79. The highest BCUT2D eigenvalue weighted by Crippen LogP contribution is 2.19. The molecule has 2 saturated heterocycles. The summed E-state index contributed by atoms with van der Waals surface area (Å²) in [6.45, 7) is 2.20. The summed E-state index contributed by atoms with van der Waals surface area (Å²) in [6, 6.07) is 0. The van der Waals surface area contributed by atoms with Crippen LogP contribution < -0.4 is 0 Å². The van der Waals surface area contributed by atoms with Crippen LogP contribution in [0.3, 0.4) is 0 Å². The van der Waals surface area contributed by atoms with Crippen LogP contribution in [0.4, 0.5) is 4.79 Å². The molecule has 1 amide bonds. The number of carbonyl (C=O) groups excluding carboxylic acids is 2. The quantitative estimate of drug-likeness (QED) is 0.697. The van der Waals surface area contributed by atoms with E-state index in [0.717, 1.165) is 12.2 Å². The lowest BCUT2D eigenvalue weighted by Crippen LogP contribution is -2.33. The second-order valence-corrected chi connectivity index (χ2v) is 4.61. The van der Waals surface area contributed by atoms with Crippen molar-refractivity contribution in [2.24, 2.45) is 5.92 Å². The molecule has 0 aromatic heterocycles. The fourth-order valence-corrected chi connectivity index (χ4v) is 2.50. The van der Waals surface area contributed by atoms with Gasteiger partial charge in [0.05, 0.1) is 13.2 Å². The van der Waals surface area contributed by atoms with E-state index in [1.54, 1.807) is 4.90 Å². The van der Waals surface area contributed by atoms with Crippen LogP contribution in [0, 0.1) is 5.92 Å². The number of nitrogens with zero attached hydrogens (tertiary/aromatic N) is 1. The molecule has 0 radical (unpaired) electrons.